The van der Waals surface area contributed by atoms with Crippen molar-refractivity contribution in [1.82, 2.24) is 5.32 Å². The second-order valence-electron chi connectivity index (χ2n) is 5.85. The van der Waals surface area contributed by atoms with Crippen LogP contribution in [0.1, 0.15) is 36.0 Å². The smallest absolute Gasteiger partial charge is 0.326 e. The first-order valence-corrected chi connectivity index (χ1v) is 8.00. The number of nitrogens with one attached hydrogen (secondary N) is 1. The van der Waals surface area contributed by atoms with E-state index in [2.05, 4.69) is 11.9 Å². The maximum Gasteiger partial charge on any atom is 0.326 e. The summed E-state index contributed by atoms with van der Waals surface area (Å²) >= 11 is 0. The van der Waals surface area contributed by atoms with Gasteiger partial charge in [0.05, 0.1) is 19.3 Å². The predicted molar refractivity (Wildman–Crippen MR) is 89.5 cm³/mol. The fourth-order valence-electron chi connectivity index (χ4n) is 2.21. The fourth-order valence-corrected chi connectivity index (χ4v) is 2.21. The zero-order chi connectivity index (χ0) is 17.5. The summed E-state index contributed by atoms with van der Waals surface area (Å²) in [7, 11) is 1.54. The van der Waals surface area contributed by atoms with E-state index < -0.39 is 17.9 Å². The van der Waals surface area contributed by atoms with E-state index in [9.17, 15) is 14.7 Å². The quantitative estimate of drug-likeness (QED) is 0.643. The number of carboxylic acid groups (broad SMARTS) is 1. The van der Waals surface area contributed by atoms with Gasteiger partial charge in [-0.05, 0) is 43.7 Å². The Morgan fingerprint density at radius 1 is 1.46 bits per heavy atom. The van der Waals surface area contributed by atoms with Gasteiger partial charge in [0.2, 0.25) is 0 Å². The first-order chi connectivity index (χ1) is 11.5. The van der Waals surface area contributed by atoms with Gasteiger partial charge in [-0.3, -0.25) is 4.79 Å². The van der Waals surface area contributed by atoms with Crippen LogP contribution in [0.15, 0.2) is 30.9 Å². The molecule has 1 unspecified atom stereocenters. The number of methoxy groups -OCH3 is 1. The van der Waals surface area contributed by atoms with Crippen molar-refractivity contribution in [1.29, 1.82) is 0 Å². The van der Waals surface area contributed by atoms with Crippen LogP contribution in [0.3, 0.4) is 0 Å². The molecule has 0 spiro atoms. The summed E-state index contributed by atoms with van der Waals surface area (Å²) < 4.78 is 10.9. The summed E-state index contributed by atoms with van der Waals surface area (Å²) in [6, 6.07) is 3.92. The summed E-state index contributed by atoms with van der Waals surface area (Å²) in [4.78, 5) is 23.8. The molecule has 1 saturated carbocycles. The minimum atomic E-state index is -1.07. The topological polar surface area (TPSA) is 84.9 Å². The van der Waals surface area contributed by atoms with Crippen molar-refractivity contribution in [2.45, 2.75) is 31.7 Å². The molecule has 24 heavy (non-hydrogen) atoms. The van der Waals surface area contributed by atoms with E-state index in [0.29, 0.717) is 42.4 Å². The van der Waals surface area contributed by atoms with Crippen LogP contribution in [0.5, 0.6) is 11.5 Å². The molecule has 2 N–H and O–H groups in total. The lowest BCUT2D eigenvalue weighted by Crippen LogP contribution is -2.40. The van der Waals surface area contributed by atoms with Gasteiger partial charge in [-0.2, -0.15) is 0 Å². The van der Waals surface area contributed by atoms with E-state index in [1.807, 2.05) is 0 Å². The number of carbonyl (C=O) groups excluding carboxylic acids is 1. The second kappa shape index (κ2) is 8.38. The number of hydrogen-bond donors (Lipinski definition) is 2. The molecule has 2 rings (SSSR count). The van der Waals surface area contributed by atoms with Gasteiger partial charge in [0.25, 0.3) is 5.91 Å². The van der Waals surface area contributed by atoms with E-state index >= 15 is 0 Å². The Kier molecular flexibility index (Phi) is 6.23. The van der Waals surface area contributed by atoms with E-state index in [1.54, 1.807) is 24.3 Å². The Hall–Kier alpha value is -2.50. The van der Waals surface area contributed by atoms with Crippen LogP contribution in [0.2, 0.25) is 0 Å². The molecule has 0 bridgehead atoms. The number of allylic oxidation sites excluding steroid dienone is 1. The number of rotatable bonds is 10. The molecule has 1 aromatic carbocycles. The molecule has 0 heterocycles. The molecule has 0 aromatic heterocycles. The van der Waals surface area contributed by atoms with Crippen molar-refractivity contribution in [3.05, 3.63) is 36.4 Å². The van der Waals surface area contributed by atoms with Gasteiger partial charge in [0, 0.05) is 6.07 Å². The van der Waals surface area contributed by atoms with Crippen molar-refractivity contribution in [3.8, 4) is 11.5 Å². The van der Waals surface area contributed by atoms with Crippen LogP contribution in [0.4, 0.5) is 0 Å². The molecule has 1 amide bonds. The predicted octanol–water partition coefficient (Wildman–Crippen LogP) is 2.63. The molecule has 0 aliphatic heterocycles. The molecule has 130 valence electrons. The molecule has 0 saturated heterocycles. The standard InChI is InChI=1S/C18H23NO5/c1-3-4-5-15(18(21)22)19-17(20)14-9-8-13(23-2)10-16(14)24-11-12-6-7-12/h3,8-10,12,15H,1,4-7,11H2,2H3,(H,19,20)(H,21,22). The van der Waals surface area contributed by atoms with Crippen LogP contribution in [-0.4, -0.2) is 36.7 Å². The van der Waals surface area contributed by atoms with Crippen molar-refractivity contribution >= 4 is 11.9 Å². The summed E-state index contributed by atoms with van der Waals surface area (Å²) in [5, 5.41) is 11.8. The SMILES string of the molecule is C=CCCC(NC(=O)c1ccc(OC)cc1OCC1CC1)C(=O)O. The van der Waals surface area contributed by atoms with Crippen molar-refractivity contribution < 1.29 is 24.2 Å². The number of aliphatic carboxylic acids is 1. The number of carboxylic acids is 1. The van der Waals surface area contributed by atoms with Crippen LogP contribution < -0.4 is 14.8 Å². The van der Waals surface area contributed by atoms with Crippen molar-refractivity contribution in [3.63, 3.8) is 0 Å². The lowest BCUT2D eigenvalue weighted by molar-refractivity contribution is -0.139. The molecular formula is C18H23NO5. The van der Waals surface area contributed by atoms with E-state index in [0.717, 1.165) is 12.8 Å². The highest BCUT2D eigenvalue weighted by atomic mass is 16.5. The van der Waals surface area contributed by atoms with Crippen molar-refractivity contribution in [2.24, 2.45) is 5.92 Å². The lowest BCUT2D eigenvalue weighted by atomic mass is 10.1. The monoisotopic (exact) mass is 333 g/mol. The number of carbonyl (C=O) groups is 2. The maximum atomic E-state index is 12.5. The zero-order valence-electron chi connectivity index (χ0n) is 13.8. The number of ether oxygens (including phenoxy) is 2. The Morgan fingerprint density at radius 3 is 2.79 bits per heavy atom. The van der Waals surface area contributed by atoms with Gasteiger partial charge in [-0.1, -0.05) is 6.08 Å². The van der Waals surface area contributed by atoms with Crippen LogP contribution in [0, 0.1) is 5.92 Å². The Balaban J connectivity index is 2.13. The summed E-state index contributed by atoms with van der Waals surface area (Å²) in [5.74, 6) is -0.0176. The van der Waals surface area contributed by atoms with Gasteiger partial charge < -0.3 is 19.9 Å². The first kappa shape index (κ1) is 17.8. The fraction of sp³-hybridized carbons (Fsp3) is 0.444. The molecule has 1 aliphatic rings. The number of benzene rings is 1. The van der Waals surface area contributed by atoms with Gasteiger partial charge in [-0.15, -0.1) is 6.58 Å². The first-order valence-electron chi connectivity index (χ1n) is 8.00. The second-order valence-corrected chi connectivity index (χ2v) is 5.85. The lowest BCUT2D eigenvalue weighted by Gasteiger charge is -2.16. The third-order valence-corrected chi connectivity index (χ3v) is 3.87. The molecular weight excluding hydrogens is 310 g/mol. The summed E-state index contributed by atoms with van der Waals surface area (Å²) in [6.07, 6.45) is 4.69. The van der Waals surface area contributed by atoms with E-state index in [4.69, 9.17) is 9.47 Å². The molecule has 1 fully saturated rings. The van der Waals surface area contributed by atoms with Crippen molar-refractivity contribution in [2.75, 3.05) is 13.7 Å². The highest BCUT2D eigenvalue weighted by Crippen LogP contribution is 2.31. The van der Waals surface area contributed by atoms with Gasteiger partial charge in [0.1, 0.15) is 17.5 Å². The average Bonchev–Trinajstić information content (AvgIpc) is 3.40. The molecule has 6 heteroatoms. The van der Waals surface area contributed by atoms with Crippen LogP contribution in [0.25, 0.3) is 0 Å². The minimum Gasteiger partial charge on any atom is -0.497 e. The van der Waals surface area contributed by atoms with E-state index in [-0.39, 0.29) is 0 Å². The summed E-state index contributed by atoms with van der Waals surface area (Å²) in [6.45, 7) is 4.12. The number of hydrogen-bond acceptors (Lipinski definition) is 4. The van der Waals surface area contributed by atoms with E-state index in [1.165, 1.54) is 7.11 Å². The molecule has 1 atom stereocenters. The Morgan fingerprint density at radius 2 is 2.21 bits per heavy atom. The molecule has 0 radical (unpaired) electrons. The highest BCUT2D eigenvalue weighted by molar-refractivity contribution is 5.99. The Labute approximate surface area is 141 Å². The molecule has 1 aliphatic carbocycles. The van der Waals surface area contributed by atoms with Gasteiger partial charge >= 0.3 is 5.97 Å². The number of amides is 1. The zero-order valence-corrected chi connectivity index (χ0v) is 13.8. The molecule has 6 nitrogen and oxygen atoms in total. The van der Waals surface area contributed by atoms with Crippen LogP contribution >= 0.6 is 0 Å². The molecule has 1 aromatic rings. The van der Waals surface area contributed by atoms with Gasteiger partial charge in [0.15, 0.2) is 0 Å². The Bertz CT molecular complexity index is 609. The maximum absolute atomic E-state index is 12.5. The van der Waals surface area contributed by atoms with Crippen LogP contribution in [-0.2, 0) is 4.79 Å². The minimum absolute atomic E-state index is 0.291. The third-order valence-electron chi connectivity index (χ3n) is 3.87. The summed E-state index contributed by atoms with van der Waals surface area (Å²) in [5.41, 5.74) is 0.307. The largest absolute Gasteiger partial charge is 0.497 e. The normalized spacial score (nSPS) is 14.5. The average molecular weight is 333 g/mol. The highest BCUT2D eigenvalue weighted by Gasteiger charge is 2.25. The third kappa shape index (κ3) is 5.01. The van der Waals surface area contributed by atoms with Gasteiger partial charge in [-0.25, -0.2) is 4.79 Å².